The normalized spacial score (nSPS) is 11.9. The van der Waals surface area contributed by atoms with Crippen molar-refractivity contribution >= 4 is 27.1 Å². The predicted molar refractivity (Wildman–Crippen MR) is 106 cm³/mol. The van der Waals surface area contributed by atoms with Crippen molar-refractivity contribution in [3.63, 3.8) is 0 Å². The molecule has 0 saturated heterocycles. The molecule has 0 aliphatic heterocycles. The van der Waals surface area contributed by atoms with Crippen LogP contribution >= 0.6 is 0 Å². The lowest BCUT2D eigenvalue weighted by Crippen LogP contribution is -2.18. The van der Waals surface area contributed by atoms with Gasteiger partial charge in [-0.3, -0.25) is 0 Å². The first-order valence-electron chi connectivity index (χ1n) is 8.23. The first-order chi connectivity index (χ1) is 12.4. The molecule has 0 atom stereocenters. The van der Waals surface area contributed by atoms with Gasteiger partial charge in [0.25, 0.3) is 10.0 Å². The monoisotopic (exact) mass is 367 g/mol. The van der Waals surface area contributed by atoms with E-state index in [0.717, 1.165) is 27.6 Å². The Morgan fingerprint density at radius 1 is 1.15 bits per heavy atom. The van der Waals surface area contributed by atoms with Gasteiger partial charge in [-0.05, 0) is 43.2 Å². The van der Waals surface area contributed by atoms with E-state index in [0.29, 0.717) is 6.54 Å². The molecule has 0 radical (unpaired) electrons. The Kier molecular flexibility index (Phi) is 4.95. The number of allylic oxidation sites excluding steroid dienone is 1. The first-order valence-corrected chi connectivity index (χ1v) is 9.71. The van der Waals surface area contributed by atoms with E-state index in [1.54, 1.807) is 18.2 Å². The van der Waals surface area contributed by atoms with Gasteiger partial charge in [0, 0.05) is 29.2 Å². The number of aromatic nitrogens is 1. The van der Waals surface area contributed by atoms with Crippen molar-refractivity contribution in [2.75, 3.05) is 0 Å². The van der Waals surface area contributed by atoms with Gasteiger partial charge < -0.3 is 4.57 Å². The third kappa shape index (κ3) is 3.55. The number of hydrogen-bond donors (Lipinski definition) is 1. The zero-order chi connectivity index (χ0) is 18.7. The summed E-state index contributed by atoms with van der Waals surface area (Å²) in [5.41, 5.74) is 3.85. The molecule has 5 nitrogen and oxygen atoms in total. The van der Waals surface area contributed by atoms with Crippen molar-refractivity contribution in [2.24, 2.45) is 5.10 Å². The molecule has 134 valence electrons. The van der Waals surface area contributed by atoms with E-state index in [1.807, 2.05) is 55.0 Å². The van der Waals surface area contributed by atoms with E-state index in [9.17, 15) is 8.42 Å². The Balaban J connectivity index is 1.87. The van der Waals surface area contributed by atoms with Crippen LogP contribution in [0, 0.1) is 13.8 Å². The predicted octanol–water partition coefficient (Wildman–Crippen LogP) is 3.76. The molecule has 0 amide bonds. The maximum Gasteiger partial charge on any atom is 0.276 e. The van der Waals surface area contributed by atoms with Crippen LogP contribution in [-0.2, 0) is 16.6 Å². The van der Waals surface area contributed by atoms with Gasteiger partial charge in [0.1, 0.15) is 0 Å². The van der Waals surface area contributed by atoms with E-state index >= 15 is 0 Å². The molecule has 1 heterocycles. The molecule has 1 aromatic heterocycles. The number of hydrazone groups is 1. The van der Waals surface area contributed by atoms with Crippen molar-refractivity contribution in [1.82, 2.24) is 9.40 Å². The largest absolute Gasteiger partial charge is 0.343 e. The highest BCUT2D eigenvalue weighted by molar-refractivity contribution is 7.89. The van der Waals surface area contributed by atoms with Gasteiger partial charge in [0.05, 0.1) is 11.1 Å². The fourth-order valence-corrected chi connectivity index (χ4v) is 3.64. The van der Waals surface area contributed by atoms with Gasteiger partial charge in [0.15, 0.2) is 0 Å². The fraction of sp³-hybridized carbons (Fsp3) is 0.150. The van der Waals surface area contributed by atoms with Gasteiger partial charge >= 0.3 is 0 Å². The number of para-hydroxylation sites is 1. The van der Waals surface area contributed by atoms with Crippen LogP contribution in [-0.4, -0.2) is 19.2 Å². The Hall–Kier alpha value is -2.86. The van der Waals surface area contributed by atoms with Crippen molar-refractivity contribution in [1.29, 1.82) is 0 Å². The number of sulfonamides is 1. The first kappa shape index (κ1) is 17.9. The highest BCUT2D eigenvalue weighted by Crippen LogP contribution is 2.20. The molecule has 0 aliphatic rings. The van der Waals surface area contributed by atoms with Crippen LogP contribution in [0.1, 0.15) is 16.7 Å². The van der Waals surface area contributed by atoms with Crippen molar-refractivity contribution in [3.05, 3.63) is 78.0 Å². The second-order valence-electron chi connectivity index (χ2n) is 6.14. The number of fused-ring (bicyclic) bond motifs is 1. The van der Waals surface area contributed by atoms with Crippen molar-refractivity contribution in [2.45, 2.75) is 25.3 Å². The van der Waals surface area contributed by atoms with Gasteiger partial charge in [-0.1, -0.05) is 30.3 Å². The molecule has 0 saturated carbocycles. The maximum absolute atomic E-state index is 12.4. The smallest absolute Gasteiger partial charge is 0.276 e. The van der Waals surface area contributed by atoms with E-state index in [2.05, 4.69) is 16.5 Å². The lowest BCUT2D eigenvalue weighted by atomic mass is 10.1. The average molecular weight is 367 g/mol. The number of aryl methyl sites for hydroxylation is 2. The zero-order valence-electron chi connectivity index (χ0n) is 14.8. The van der Waals surface area contributed by atoms with E-state index in [-0.39, 0.29) is 4.90 Å². The van der Waals surface area contributed by atoms with Crippen molar-refractivity contribution < 1.29 is 8.42 Å². The Morgan fingerprint density at radius 2 is 1.92 bits per heavy atom. The fourth-order valence-electron chi connectivity index (χ4n) is 2.77. The molecular formula is C20H21N3O2S. The number of rotatable bonds is 6. The standard InChI is InChI=1S/C20H21N3O2S/c1-4-11-23-14-17(19-7-5-6-8-20(19)23)13-21-22-26(24,25)18-10-9-15(2)16(3)12-18/h4-10,12-14,22H,1,11H2,2-3H3. The summed E-state index contributed by atoms with van der Waals surface area (Å²) in [7, 11) is -3.70. The molecule has 3 rings (SSSR count). The van der Waals surface area contributed by atoms with Gasteiger partial charge in [-0.15, -0.1) is 6.58 Å². The van der Waals surface area contributed by atoms with Crippen LogP contribution in [0.5, 0.6) is 0 Å². The molecule has 26 heavy (non-hydrogen) atoms. The second kappa shape index (κ2) is 7.17. The third-order valence-corrected chi connectivity index (χ3v) is 5.53. The molecule has 3 aromatic rings. The number of hydrogen-bond acceptors (Lipinski definition) is 3. The number of nitrogens with zero attached hydrogens (tertiary/aromatic N) is 2. The molecule has 2 aromatic carbocycles. The van der Waals surface area contributed by atoms with Crippen molar-refractivity contribution in [3.8, 4) is 0 Å². The number of nitrogens with one attached hydrogen (secondary N) is 1. The molecule has 6 heteroatoms. The Bertz CT molecular complexity index is 1100. The summed E-state index contributed by atoms with van der Waals surface area (Å²) in [6.45, 7) is 8.26. The van der Waals surface area contributed by atoms with Gasteiger partial charge in [-0.2, -0.15) is 13.5 Å². The third-order valence-electron chi connectivity index (χ3n) is 4.31. The Labute approximate surface area is 153 Å². The minimum Gasteiger partial charge on any atom is -0.343 e. The minimum absolute atomic E-state index is 0.201. The summed E-state index contributed by atoms with van der Waals surface area (Å²) in [6, 6.07) is 12.9. The molecule has 0 unspecified atom stereocenters. The summed E-state index contributed by atoms with van der Waals surface area (Å²) in [5.74, 6) is 0. The summed E-state index contributed by atoms with van der Waals surface area (Å²) in [4.78, 5) is 2.49. The van der Waals surface area contributed by atoms with E-state index in [1.165, 1.54) is 6.21 Å². The molecule has 0 spiro atoms. The summed E-state index contributed by atoms with van der Waals surface area (Å²) < 4.78 is 26.9. The molecule has 0 aliphatic carbocycles. The van der Waals surface area contributed by atoms with Crippen LogP contribution in [0.4, 0.5) is 0 Å². The van der Waals surface area contributed by atoms with Gasteiger partial charge in [-0.25, -0.2) is 4.83 Å². The quantitative estimate of drug-likeness (QED) is 0.410. The topological polar surface area (TPSA) is 63.5 Å². The summed E-state index contributed by atoms with van der Waals surface area (Å²) in [5, 5.41) is 4.97. The number of benzene rings is 2. The van der Waals surface area contributed by atoms with Crippen LogP contribution in [0.25, 0.3) is 10.9 Å². The molecular weight excluding hydrogens is 346 g/mol. The lowest BCUT2D eigenvalue weighted by Gasteiger charge is -2.06. The zero-order valence-corrected chi connectivity index (χ0v) is 15.6. The average Bonchev–Trinajstić information content (AvgIpc) is 2.96. The summed E-state index contributed by atoms with van der Waals surface area (Å²) >= 11 is 0. The minimum atomic E-state index is -3.70. The van der Waals surface area contributed by atoms with Crippen LogP contribution in [0.2, 0.25) is 0 Å². The van der Waals surface area contributed by atoms with Crippen LogP contribution in [0.3, 0.4) is 0 Å². The lowest BCUT2D eigenvalue weighted by molar-refractivity contribution is 0.584. The highest BCUT2D eigenvalue weighted by atomic mass is 32.2. The Morgan fingerprint density at radius 3 is 2.65 bits per heavy atom. The maximum atomic E-state index is 12.4. The SMILES string of the molecule is C=CCn1cc(C=NNS(=O)(=O)c2ccc(C)c(C)c2)c2ccccc21. The van der Waals surface area contributed by atoms with Gasteiger partial charge in [0.2, 0.25) is 0 Å². The summed E-state index contributed by atoms with van der Waals surface area (Å²) in [6.07, 6.45) is 5.27. The molecule has 0 fully saturated rings. The van der Waals surface area contributed by atoms with Crippen LogP contribution < -0.4 is 4.83 Å². The molecule has 0 bridgehead atoms. The van der Waals surface area contributed by atoms with Crippen LogP contribution in [0.15, 0.2) is 71.3 Å². The van der Waals surface area contributed by atoms with E-state index < -0.39 is 10.0 Å². The van der Waals surface area contributed by atoms with E-state index in [4.69, 9.17) is 0 Å². The highest BCUT2D eigenvalue weighted by Gasteiger charge is 2.13. The molecule has 1 N–H and O–H groups in total. The second-order valence-corrected chi connectivity index (χ2v) is 7.80.